The standard InChI is InChI=1S/C19H14BrN5O4/c1-2-18-23-15-5-4-13(20)10-14(15)19(26)24(18)22-11-12-3-6-17(29-8-7-21)16(9-12)25(27)28/h3-6,9-11H,2,8H2,1H3. The number of nitrogens with zero attached hydrogens (tertiary/aromatic N) is 5. The average Bonchev–Trinajstić information content (AvgIpc) is 2.72. The van der Waals surface area contributed by atoms with Crippen molar-refractivity contribution in [2.75, 3.05) is 6.61 Å². The quantitative estimate of drug-likeness (QED) is 0.318. The minimum atomic E-state index is -0.608. The zero-order valence-corrected chi connectivity index (χ0v) is 16.8. The normalized spacial score (nSPS) is 10.9. The highest BCUT2D eigenvalue weighted by molar-refractivity contribution is 9.10. The van der Waals surface area contributed by atoms with E-state index in [0.717, 1.165) is 4.47 Å². The summed E-state index contributed by atoms with van der Waals surface area (Å²) in [6.07, 6.45) is 1.81. The first kappa shape index (κ1) is 20.2. The topological polar surface area (TPSA) is 123 Å². The van der Waals surface area contributed by atoms with Crippen molar-refractivity contribution >= 4 is 38.7 Å². The molecule has 1 heterocycles. The molecule has 0 atom stereocenters. The maximum Gasteiger partial charge on any atom is 0.311 e. The number of aromatic nitrogens is 2. The van der Waals surface area contributed by atoms with Gasteiger partial charge in [0.2, 0.25) is 0 Å². The fraction of sp³-hybridized carbons (Fsp3) is 0.158. The van der Waals surface area contributed by atoms with Crippen molar-refractivity contribution in [1.29, 1.82) is 5.26 Å². The van der Waals surface area contributed by atoms with Gasteiger partial charge >= 0.3 is 5.69 Å². The molecule has 0 saturated heterocycles. The number of nitro benzene ring substituents is 1. The van der Waals surface area contributed by atoms with Crippen LogP contribution in [0.5, 0.6) is 5.75 Å². The van der Waals surface area contributed by atoms with Crippen molar-refractivity contribution in [3.05, 3.63) is 72.7 Å². The molecule has 0 radical (unpaired) electrons. The third-order valence-corrected chi connectivity index (χ3v) is 4.48. The molecule has 0 unspecified atom stereocenters. The number of hydrogen-bond donors (Lipinski definition) is 0. The van der Waals surface area contributed by atoms with E-state index < -0.39 is 4.92 Å². The van der Waals surface area contributed by atoms with Gasteiger partial charge in [0.05, 0.1) is 22.0 Å². The van der Waals surface area contributed by atoms with E-state index in [-0.39, 0.29) is 23.6 Å². The van der Waals surface area contributed by atoms with E-state index in [1.807, 2.05) is 6.92 Å². The number of ether oxygens (including phenoxy) is 1. The lowest BCUT2D eigenvalue weighted by atomic mass is 10.2. The molecule has 0 N–H and O–H groups in total. The molecular formula is C19H14BrN5O4. The minimum absolute atomic E-state index is 0.0164. The third-order valence-electron chi connectivity index (χ3n) is 3.99. The summed E-state index contributed by atoms with van der Waals surface area (Å²) in [6.45, 7) is 1.55. The summed E-state index contributed by atoms with van der Waals surface area (Å²) in [6, 6.07) is 11.2. The summed E-state index contributed by atoms with van der Waals surface area (Å²) < 4.78 is 6.99. The lowest BCUT2D eigenvalue weighted by molar-refractivity contribution is -0.385. The van der Waals surface area contributed by atoms with Crippen LogP contribution < -0.4 is 10.3 Å². The highest BCUT2D eigenvalue weighted by Gasteiger charge is 2.16. The van der Waals surface area contributed by atoms with Crippen LogP contribution in [-0.2, 0) is 6.42 Å². The molecule has 0 bridgehead atoms. The van der Waals surface area contributed by atoms with Crippen molar-refractivity contribution in [2.24, 2.45) is 5.10 Å². The number of rotatable bonds is 6. The monoisotopic (exact) mass is 455 g/mol. The van der Waals surface area contributed by atoms with Crippen LogP contribution in [-0.4, -0.2) is 27.4 Å². The number of nitro groups is 1. The number of halogens is 1. The fourth-order valence-corrected chi connectivity index (χ4v) is 3.02. The maximum atomic E-state index is 12.9. The van der Waals surface area contributed by atoms with Gasteiger partial charge in [-0.25, -0.2) is 4.98 Å². The molecule has 0 aliphatic carbocycles. The molecule has 9 nitrogen and oxygen atoms in total. The van der Waals surface area contributed by atoms with Crippen LogP contribution in [0.2, 0.25) is 0 Å². The van der Waals surface area contributed by atoms with E-state index in [0.29, 0.717) is 28.7 Å². The van der Waals surface area contributed by atoms with Gasteiger partial charge in [0, 0.05) is 22.5 Å². The maximum absolute atomic E-state index is 12.9. The number of fused-ring (bicyclic) bond motifs is 1. The second-order valence-electron chi connectivity index (χ2n) is 5.84. The lowest BCUT2D eigenvalue weighted by Gasteiger charge is -2.08. The van der Waals surface area contributed by atoms with Gasteiger partial charge < -0.3 is 4.74 Å². The van der Waals surface area contributed by atoms with E-state index >= 15 is 0 Å². The van der Waals surface area contributed by atoms with E-state index in [2.05, 4.69) is 26.0 Å². The Hall–Kier alpha value is -3.58. The summed E-state index contributed by atoms with van der Waals surface area (Å²) in [4.78, 5) is 28.0. The summed E-state index contributed by atoms with van der Waals surface area (Å²) in [5.41, 5.74) is 0.320. The van der Waals surface area contributed by atoms with Gasteiger partial charge in [-0.1, -0.05) is 22.9 Å². The highest BCUT2D eigenvalue weighted by atomic mass is 79.9. The molecule has 2 aromatic carbocycles. The number of hydrogen-bond acceptors (Lipinski definition) is 7. The Morgan fingerprint density at radius 1 is 1.38 bits per heavy atom. The Balaban J connectivity index is 2.05. The van der Waals surface area contributed by atoms with E-state index in [9.17, 15) is 14.9 Å². The van der Waals surface area contributed by atoms with Gasteiger partial charge in [0.25, 0.3) is 5.56 Å². The Kier molecular flexibility index (Phi) is 5.99. The Labute approximate surface area is 173 Å². The Bertz CT molecular complexity index is 1230. The van der Waals surface area contributed by atoms with Gasteiger partial charge in [-0.15, -0.1) is 0 Å². The minimum Gasteiger partial charge on any atom is -0.472 e. The van der Waals surface area contributed by atoms with Crippen molar-refractivity contribution in [1.82, 2.24) is 9.66 Å². The second kappa shape index (κ2) is 8.62. The first-order valence-electron chi connectivity index (χ1n) is 8.48. The summed E-state index contributed by atoms with van der Waals surface area (Å²) in [5.74, 6) is 0.446. The molecule has 0 spiro atoms. The number of nitriles is 1. The fourth-order valence-electron chi connectivity index (χ4n) is 2.66. The smallest absolute Gasteiger partial charge is 0.311 e. The Morgan fingerprint density at radius 3 is 2.86 bits per heavy atom. The van der Waals surface area contributed by atoms with Crippen molar-refractivity contribution in [3.8, 4) is 11.8 Å². The van der Waals surface area contributed by atoms with Crippen LogP contribution in [0.4, 0.5) is 5.69 Å². The van der Waals surface area contributed by atoms with Crippen molar-refractivity contribution in [2.45, 2.75) is 13.3 Å². The molecule has 0 aliphatic rings. The number of aryl methyl sites for hydroxylation is 1. The molecule has 146 valence electrons. The van der Waals surface area contributed by atoms with Crippen molar-refractivity contribution < 1.29 is 9.66 Å². The van der Waals surface area contributed by atoms with Crippen LogP contribution in [0.15, 0.2) is 50.8 Å². The van der Waals surface area contributed by atoms with E-state index in [4.69, 9.17) is 10.00 Å². The molecule has 0 aliphatic heterocycles. The van der Waals surface area contributed by atoms with Crippen LogP contribution in [0, 0.1) is 21.4 Å². The van der Waals surface area contributed by atoms with Gasteiger partial charge in [0.1, 0.15) is 11.9 Å². The molecule has 0 fully saturated rings. The molecule has 29 heavy (non-hydrogen) atoms. The zero-order chi connectivity index (χ0) is 21.0. The largest absolute Gasteiger partial charge is 0.472 e. The molecule has 10 heteroatoms. The molecule has 0 amide bonds. The van der Waals surface area contributed by atoms with Crippen LogP contribution in [0.25, 0.3) is 10.9 Å². The zero-order valence-electron chi connectivity index (χ0n) is 15.2. The van der Waals surface area contributed by atoms with Gasteiger partial charge in [-0.05, 0) is 30.3 Å². The highest BCUT2D eigenvalue weighted by Crippen LogP contribution is 2.27. The average molecular weight is 456 g/mol. The SMILES string of the molecule is CCc1nc2ccc(Br)cc2c(=O)n1N=Cc1ccc(OCC#N)c([N+](=O)[O-])c1. The second-order valence-corrected chi connectivity index (χ2v) is 6.75. The number of benzene rings is 2. The molecular weight excluding hydrogens is 442 g/mol. The van der Waals surface area contributed by atoms with Gasteiger partial charge in [0.15, 0.2) is 12.4 Å². The third kappa shape index (κ3) is 4.30. The first-order chi connectivity index (χ1) is 13.9. The van der Waals surface area contributed by atoms with Gasteiger partial charge in [-0.3, -0.25) is 14.9 Å². The molecule has 0 saturated carbocycles. The van der Waals surface area contributed by atoms with Gasteiger partial charge in [-0.2, -0.15) is 15.0 Å². The van der Waals surface area contributed by atoms with Crippen LogP contribution in [0.1, 0.15) is 18.3 Å². The summed E-state index contributed by atoms with van der Waals surface area (Å²) >= 11 is 3.34. The van der Waals surface area contributed by atoms with Crippen molar-refractivity contribution in [3.63, 3.8) is 0 Å². The lowest BCUT2D eigenvalue weighted by Crippen LogP contribution is -2.22. The molecule has 3 rings (SSSR count). The van der Waals surface area contributed by atoms with E-state index in [1.165, 1.54) is 23.0 Å². The van der Waals surface area contributed by atoms with Crippen LogP contribution in [0.3, 0.4) is 0 Å². The summed E-state index contributed by atoms with van der Waals surface area (Å²) in [5, 5.41) is 24.5. The molecule has 3 aromatic rings. The predicted molar refractivity (Wildman–Crippen MR) is 110 cm³/mol. The summed E-state index contributed by atoms with van der Waals surface area (Å²) in [7, 11) is 0. The molecule has 1 aromatic heterocycles. The Morgan fingerprint density at radius 2 is 2.17 bits per heavy atom. The van der Waals surface area contributed by atoms with E-state index in [1.54, 1.807) is 30.3 Å². The predicted octanol–water partition coefficient (Wildman–Crippen LogP) is 3.41. The first-order valence-corrected chi connectivity index (χ1v) is 9.27. The van der Waals surface area contributed by atoms with Crippen LogP contribution >= 0.6 is 15.9 Å².